The Hall–Kier alpha value is -4.28. The molecule has 1 aliphatic heterocycles. The minimum Gasteiger partial charge on any atom is -0.339 e. The number of rotatable bonds is 11. The molecule has 2 aliphatic rings. The predicted octanol–water partition coefficient (Wildman–Crippen LogP) is 5.28. The van der Waals surface area contributed by atoms with E-state index in [-0.39, 0.29) is 35.4 Å². The maximum absolute atomic E-state index is 13.9. The Balaban J connectivity index is 1.19. The van der Waals surface area contributed by atoms with Crippen LogP contribution in [0.2, 0.25) is 0 Å². The van der Waals surface area contributed by atoms with Gasteiger partial charge in [0.15, 0.2) is 9.84 Å². The van der Waals surface area contributed by atoms with Gasteiger partial charge < -0.3 is 19.7 Å². The van der Waals surface area contributed by atoms with Crippen LogP contribution in [-0.4, -0.2) is 83.1 Å². The Morgan fingerprint density at radius 2 is 1.58 bits per heavy atom. The third-order valence-electron chi connectivity index (χ3n) is 10.0. The minimum atomic E-state index is -3.56. The lowest BCUT2D eigenvalue weighted by atomic mass is 9.81. The molecule has 1 aliphatic carbocycles. The van der Waals surface area contributed by atoms with Crippen molar-refractivity contribution in [1.82, 2.24) is 24.7 Å². The zero-order valence-electron chi connectivity index (χ0n) is 27.9. The average Bonchev–Trinajstić information content (AvgIpc) is 3.68. The molecule has 0 spiro atoms. The number of sulfone groups is 1. The maximum Gasteiger partial charge on any atom is 0.272 e. The number of likely N-dealkylation sites (tertiary alicyclic amines) is 1. The molecule has 252 valence electrons. The van der Waals surface area contributed by atoms with Gasteiger partial charge in [0.1, 0.15) is 17.6 Å². The van der Waals surface area contributed by atoms with Crippen molar-refractivity contribution in [2.24, 2.45) is 5.92 Å². The molecule has 4 atom stereocenters. The summed E-state index contributed by atoms with van der Waals surface area (Å²) in [6.07, 6.45) is 4.49. The average molecular weight is 668 g/mol. The molecule has 0 unspecified atom stereocenters. The van der Waals surface area contributed by atoms with Gasteiger partial charge in [0, 0.05) is 43.0 Å². The van der Waals surface area contributed by atoms with Crippen LogP contribution >= 0.6 is 0 Å². The second-order valence-electron chi connectivity index (χ2n) is 13.4. The van der Waals surface area contributed by atoms with E-state index in [1.807, 2.05) is 76.2 Å². The normalized spacial score (nSPS) is 21.6. The van der Waals surface area contributed by atoms with Gasteiger partial charge in [-0.15, -0.1) is 0 Å². The van der Waals surface area contributed by atoms with E-state index in [1.54, 1.807) is 30.5 Å². The Kier molecular flexibility index (Phi) is 10.1. The standard InChI is InChI=1S/C38H45N5O4S/c1-27(2)41(3)31-19-20-35(30(23-31)26-48(46,47)32-17-11-6-12-18-32)43-22-21-33(38(43)45)40-37(44)34-25-42(24-28-13-7-4-8-14-28)36(39-34)29-15-9-5-10-16-29/h4-18,25,27,30-31,33,35H,19-24,26H2,1-3H3,(H,40,44)/t30-,31+,33-,35-/m0/s1. The van der Waals surface area contributed by atoms with Gasteiger partial charge in [0.25, 0.3) is 5.91 Å². The fourth-order valence-corrected chi connectivity index (χ4v) is 8.94. The van der Waals surface area contributed by atoms with Gasteiger partial charge in [-0.3, -0.25) is 9.59 Å². The summed E-state index contributed by atoms with van der Waals surface area (Å²) in [5.74, 6) is -0.125. The highest BCUT2D eigenvalue weighted by Crippen LogP contribution is 2.36. The summed E-state index contributed by atoms with van der Waals surface area (Å²) < 4.78 is 29.1. The summed E-state index contributed by atoms with van der Waals surface area (Å²) in [5, 5.41) is 2.97. The molecule has 10 heteroatoms. The van der Waals surface area contributed by atoms with E-state index in [1.165, 1.54) is 0 Å². The molecule has 2 amide bonds. The Labute approximate surface area is 283 Å². The summed E-state index contributed by atoms with van der Waals surface area (Å²) in [6, 6.07) is 28.0. The first-order chi connectivity index (χ1) is 23.1. The van der Waals surface area contributed by atoms with E-state index < -0.39 is 21.8 Å². The molecule has 48 heavy (non-hydrogen) atoms. The highest BCUT2D eigenvalue weighted by atomic mass is 32.2. The molecule has 4 aromatic rings. The van der Waals surface area contributed by atoms with E-state index in [4.69, 9.17) is 4.98 Å². The van der Waals surface area contributed by atoms with Gasteiger partial charge in [-0.25, -0.2) is 13.4 Å². The topological polar surface area (TPSA) is 105 Å². The van der Waals surface area contributed by atoms with Crippen LogP contribution in [0.1, 0.15) is 55.6 Å². The van der Waals surface area contributed by atoms with Crippen molar-refractivity contribution in [1.29, 1.82) is 0 Å². The van der Waals surface area contributed by atoms with Crippen LogP contribution in [0.3, 0.4) is 0 Å². The second-order valence-corrected chi connectivity index (χ2v) is 15.5. The minimum absolute atomic E-state index is 0.0218. The highest BCUT2D eigenvalue weighted by molar-refractivity contribution is 7.91. The number of hydrogen-bond donors (Lipinski definition) is 1. The van der Waals surface area contributed by atoms with E-state index in [9.17, 15) is 18.0 Å². The lowest BCUT2D eigenvalue weighted by Gasteiger charge is -2.44. The maximum atomic E-state index is 13.9. The number of nitrogens with one attached hydrogen (secondary N) is 1. The molecule has 2 heterocycles. The van der Waals surface area contributed by atoms with Crippen molar-refractivity contribution in [2.75, 3.05) is 19.3 Å². The zero-order chi connectivity index (χ0) is 33.8. The summed E-state index contributed by atoms with van der Waals surface area (Å²) in [5.41, 5.74) is 2.23. The van der Waals surface area contributed by atoms with Gasteiger partial charge in [-0.1, -0.05) is 78.9 Å². The molecule has 1 saturated heterocycles. The summed E-state index contributed by atoms with van der Waals surface area (Å²) in [7, 11) is -1.47. The molecular formula is C38H45N5O4S. The summed E-state index contributed by atoms with van der Waals surface area (Å²) >= 11 is 0. The number of nitrogens with zero attached hydrogens (tertiary/aromatic N) is 4. The number of aromatic nitrogens is 2. The first-order valence-corrected chi connectivity index (χ1v) is 18.5. The van der Waals surface area contributed by atoms with Crippen molar-refractivity contribution in [3.05, 3.63) is 108 Å². The van der Waals surface area contributed by atoms with Crippen molar-refractivity contribution in [2.45, 2.75) is 75.1 Å². The molecule has 0 bridgehead atoms. The first-order valence-electron chi connectivity index (χ1n) is 16.9. The zero-order valence-corrected chi connectivity index (χ0v) is 28.7. The second kappa shape index (κ2) is 14.5. The number of imidazole rings is 1. The van der Waals surface area contributed by atoms with E-state index in [0.717, 1.165) is 17.5 Å². The molecule has 1 N–H and O–H groups in total. The molecular weight excluding hydrogens is 623 g/mol. The molecule has 3 aromatic carbocycles. The quantitative estimate of drug-likeness (QED) is 0.234. The van der Waals surface area contributed by atoms with Crippen molar-refractivity contribution >= 4 is 21.7 Å². The highest BCUT2D eigenvalue weighted by Gasteiger charge is 2.44. The van der Waals surface area contributed by atoms with E-state index in [0.29, 0.717) is 49.1 Å². The van der Waals surface area contributed by atoms with Gasteiger partial charge in [0.05, 0.1) is 10.6 Å². The van der Waals surface area contributed by atoms with Crippen LogP contribution in [0.5, 0.6) is 0 Å². The van der Waals surface area contributed by atoms with Gasteiger partial charge in [-0.05, 0) is 70.2 Å². The summed E-state index contributed by atoms with van der Waals surface area (Å²) in [6.45, 7) is 5.31. The SMILES string of the molecule is CC(C)N(C)[C@@H]1CC[C@H](N2CC[C@H](NC(=O)c3cn(Cc4ccccc4)c(-c4ccccc4)n3)C2=O)[C@H](CS(=O)(=O)c2ccccc2)C1. The largest absolute Gasteiger partial charge is 0.339 e. The lowest BCUT2D eigenvalue weighted by Crippen LogP contribution is -2.53. The number of carbonyl (C=O) groups is 2. The molecule has 9 nitrogen and oxygen atoms in total. The lowest BCUT2D eigenvalue weighted by molar-refractivity contribution is -0.133. The van der Waals surface area contributed by atoms with Gasteiger partial charge >= 0.3 is 0 Å². The third-order valence-corrected chi connectivity index (χ3v) is 11.9. The number of amides is 2. The predicted molar refractivity (Wildman–Crippen MR) is 187 cm³/mol. The third kappa shape index (κ3) is 7.39. The molecule has 1 saturated carbocycles. The fourth-order valence-electron chi connectivity index (χ4n) is 7.25. The Morgan fingerprint density at radius 1 is 0.938 bits per heavy atom. The van der Waals surface area contributed by atoms with Crippen molar-refractivity contribution in [3.8, 4) is 11.4 Å². The first kappa shape index (κ1) is 33.6. The van der Waals surface area contributed by atoms with Crippen LogP contribution in [0.15, 0.2) is 102 Å². The van der Waals surface area contributed by atoms with Crippen LogP contribution in [0.4, 0.5) is 0 Å². The van der Waals surface area contributed by atoms with Crippen LogP contribution in [0, 0.1) is 5.92 Å². The van der Waals surface area contributed by atoms with Gasteiger partial charge in [0.2, 0.25) is 5.91 Å². The van der Waals surface area contributed by atoms with Crippen LogP contribution in [0.25, 0.3) is 11.4 Å². The number of carbonyl (C=O) groups excluding carboxylic acids is 2. The Morgan fingerprint density at radius 3 is 2.25 bits per heavy atom. The molecule has 0 radical (unpaired) electrons. The fraction of sp³-hybridized carbons (Fsp3) is 0.395. The molecule has 6 rings (SSSR count). The van der Waals surface area contributed by atoms with Crippen molar-refractivity contribution < 1.29 is 18.0 Å². The molecule has 1 aromatic heterocycles. The monoisotopic (exact) mass is 667 g/mol. The van der Waals surface area contributed by atoms with E-state index in [2.05, 4.69) is 31.1 Å². The molecule has 2 fully saturated rings. The van der Waals surface area contributed by atoms with Crippen molar-refractivity contribution in [3.63, 3.8) is 0 Å². The Bertz CT molecular complexity index is 1810. The van der Waals surface area contributed by atoms with Crippen LogP contribution < -0.4 is 5.32 Å². The van der Waals surface area contributed by atoms with Crippen LogP contribution in [-0.2, 0) is 21.2 Å². The summed E-state index contributed by atoms with van der Waals surface area (Å²) in [4.78, 5) is 36.8. The van der Waals surface area contributed by atoms with E-state index >= 15 is 0 Å². The van der Waals surface area contributed by atoms with Gasteiger partial charge in [-0.2, -0.15) is 0 Å². The number of benzene rings is 3. The number of hydrogen-bond acceptors (Lipinski definition) is 6. The smallest absolute Gasteiger partial charge is 0.272 e.